The fourth-order valence-electron chi connectivity index (χ4n) is 3.35. The van der Waals surface area contributed by atoms with Crippen LogP contribution in [0.25, 0.3) is 0 Å². The molecule has 1 heterocycles. The SMILES string of the molecule is COc1cc(N2CCCC2)c(OC)cc1C=Nc1cccc(C(=O)O)c1C. The Labute approximate surface area is 159 Å². The van der Waals surface area contributed by atoms with Gasteiger partial charge in [-0.3, -0.25) is 4.99 Å². The standard InChI is InChI=1S/C21H24N2O4/c1-14-16(21(24)25)7-6-8-17(14)22-13-15-11-20(27-3)18(12-19(15)26-2)23-9-4-5-10-23/h6-8,11-13H,4-5,9-10H2,1-3H3,(H,24,25). The average Bonchev–Trinajstić information content (AvgIpc) is 3.20. The zero-order chi connectivity index (χ0) is 19.4. The molecule has 2 aromatic rings. The van der Waals surface area contributed by atoms with Crippen LogP contribution in [0.2, 0.25) is 0 Å². The number of anilines is 1. The van der Waals surface area contributed by atoms with Crippen molar-refractivity contribution in [1.29, 1.82) is 0 Å². The Hall–Kier alpha value is -3.02. The minimum Gasteiger partial charge on any atom is -0.496 e. The van der Waals surface area contributed by atoms with Crippen LogP contribution < -0.4 is 14.4 Å². The van der Waals surface area contributed by atoms with E-state index >= 15 is 0 Å². The van der Waals surface area contributed by atoms with E-state index in [9.17, 15) is 9.90 Å². The van der Waals surface area contributed by atoms with Gasteiger partial charge in [0, 0.05) is 30.9 Å². The maximum atomic E-state index is 11.3. The minimum atomic E-state index is -0.959. The van der Waals surface area contributed by atoms with Gasteiger partial charge in [0.2, 0.25) is 0 Å². The first kappa shape index (κ1) is 18.8. The quantitative estimate of drug-likeness (QED) is 0.779. The smallest absolute Gasteiger partial charge is 0.336 e. The fourth-order valence-corrected chi connectivity index (χ4v) is 3.35. The van der Waals surface area contributed by atoms with Crippen molar-refractivity contribution in [2.24, 2.45) is 4.99 Å². The van der Waals surface area contributed by atoms with E-state index in [4.69, 9.17) is 9.47 Å². The lowest BCUT2D eigenvalue weighted by Gasteiger charge is -2.22. The lowest BCUT2D eigenvalue weighted by molar-refractivity contribution is 0.0696. The van der Waals surface area contributed by atoms with Gasteiger partial charge in [-0.25, -0.2) is 4.79 Å². The van der Waals surface area contributed by atoms with E-state index in [-0.39, 0.29) is 5.56 Å². The molecule has 0 atom stereocenters. The molecule has 1 N–H and O–H groups in total. The number of carboxylic acid groups (broad SMARTS) is 1. The molecule has 0 aromatic heterocycles. The topological polar surface area (TPSA) is 71.4 Å². The molecule has 2 aromatic carbocycles. The number of carboxylic acids is 1. The molecule has 0 saturated carbocycles. The van der Waals surface area contributed by atoms with Gasteiger partial charge in [-0.05, 0) is 43.5 Å². The molecule has 0 amide bonds. The zero-order valence-corrected chi connectivity index (χ0v) is 15.9. The van der Waals surface area contributed by atoms with Crippen LogP contribution in [0.5, 0.6) is 11.5 Å². The Morgan fingerprint density at radius 3 is 2.48 bits per heavy atom. The van der Waals surface area contributed by atoms with Crippen molar-refractivity contribution in [2.75, 3.05) is 32.2 Å². The summed E-state index contributed by atoms with van der Waals surface area (Å²) in [6.45, 7) is 3.77. The van der Waals surface area contributed by atoms with E-state index in [1.54, 1.807) is 45.6 Å². The number of methoxy groups -OCH3 is 2. The number of aromatic carboxylic acids is 1. The van der Waals surface area contributed by atoms with Crippen LogP contribution >= 0.6 is 0 Å². The number of aliphatic imine (C=N–C) groups is 1. The molecular weight excluding hydrogens is 344 g/mol. The second kappa shape index (κ2) is 8.12. The third-order valence-electron chi connectivity index (χ3n) is 4.86. The maximum Gasteiger partial charge on any atom is 0.336 e. The molecule has 1 aliphatic rings. The van der Waals surface area contributed by atoms with Crippen molar-refractivity contribution < 1.29 is 19.4 Å². The molecule has 0 bridgehead atoms. The van der Waals surface area contributed by atoms with E-state index in [1.807, 2.05) is 12.1 Å². The number of nitrogens with zero attached hydrogens (tertiary/aromatic N) is 2. The summed E-state index contributed by atoms with van der Waals surface area (Å²) < 4.78 is 11.1. The molecule has 6 heteroatoms. The summed E-state index contributed by atoms with van der Waals surface area (Å²) in [6.07, 6.45) is 4.03. The third-order valence-corrected chi connectivity index (χ3v) is 4.86. The summed E-state index contributed by atoms with van der Waals surface area (Å²) in [5.74, 6) is 0.516. The van der Waals surface area contributed by atoms with Gasteiger partial charge in [0.15, 0.2) is 0 Å². The molecule has 142 valence electrons. The average molecular weight is 368 g/mol. The van der Waals surface area contributed by atoms with E-state index in [2.05, 4.69) is 9.89 Å². The number of hydrogen-bond acceptors (Lipinski definition) is 5. The summed E-state index contributed by atoms with van der Waals surface area (Å²) in [7, 11) is 3.28. The van der Waals surface area contributed by atoms with Gasteiger partial charge in [0.25, 0.3) is 0 Å². The molecule has 0 radical (unpaired) electrons. The van der Waals surface area contributed by atoms with Crippen molar-refractivity contribution >= 4 is 23.6 Å². The van der Waals surface area contributed by atoms with Gasteiger partial charge in [0.1, 0.15) is 11.5 Å². The highest BCUT2D eigenvalue weighted by molar-refractivity contribution is 5.92. The summed E-state index contributed by atoms with van der Waals surface area (Å²) >= 11 is 0. The zero-order valence-electron chi connectivity index (χ0n) is 15.9. The maximum absolute atomic E-state index is 11.3. The van der Waals surface area contributed by atoms with Gasteiger partial charge in [-0.1, -0.05) is 6.07 Å². The Morgan fingerprint density at radius 2 is 1.85 bits per heavy atom. The Bertz CT molecular complexity index is 871. The summed E-state index contributed by atoms with van der Waals surface area (Å²) in [5, 5.41) is 9.27. The van der Waals surface area contributed by atoms with Gasteiger partial charge in [0.05, 0.1) is 31.2 Å². The molecule has 27 heavy (non-hydrogen) atoms. The predicted octanol–water partition coefficient (Wildman–Crippen LogP) is 4.06. The summed E-state index contributed by atoms with van der Waals surface area (Å²) in [6, 6.07) is 8.95. The van der Waals surface area contributed by atoms with Crippen LogP contribution in [0.1, 0.15) is 34.3 Å². The second-order valence-electron chi connectivity index (χ2n) is 6.47. The molecule has 1 aliphatic heterocycles. The Kier molecular flexibility index (Phi) is 5.64. The van der Waals surface area contributed by atoms with Crippen molar-refractivity contribution in [1.82, 2.24) is 0 Å². The van der Waals surface area contributed by atoms with E-state index in [0.717, 1.165) is 30.1 Å². The molecule has 0 aliphatic carbocycles. The van der Waals surface area contributed by atoms with Crippen LogP contribution in [0.3, 0.4) is 0 Å². The van der Waals surface area contributed by atoms with E-state index < -0.39 is 5.97 Å². The lowest BCUT2D eigenvalue weighted by atomic mass is 10.1. The van der Waals surface area contributed by atoms with Crippen molar-refractivity contribution in [3.05, 3.63) is 47.0 Å². The highest BCUT2D eigenvalue weighted by Gasteiger charge is 2.19. The van der Waals surface area contributed by atoms with E-state index in [1.165, 1.54) is 12.8 Å². The van der Waals surface area contributed by atoms with Crippen LogP contribution in [-0.4, -0.2) is 44.6 Å². The van der Waals surface area contributed by atoms with Gasteiger partial charge in [-0.2, -0.15) is 0 Å². The van der Waals surface area contributed by atoms with Crippen LogP contribution in [0.15, 0.2) is 35.3 Å². The lowest BCUT2D eigenvalue weighted by Crippen LogP contribution is -2.18. The number of carbonyl (C=O) groups is 1. The highest BCUT2D eigenvalue weighted by atomic mass is 16.5. The predicted molar refractivity (Wildman–Crippen MR) is 106 cm³/mol. The number of benzene rings is 2. The summed E-state index contributed by atoms with van der Waals surface area (Å²) in [5.41, 5.74) is 3.28. The third kappa shape index (κ3) is 3.89. The van der Waals surface area contributed by atoms with Crippen molar-refractivity contribution in [3.63, 3.8) is 0 Å². The van der Waals surface area contributed by atoms with Crippen LogP contribution in [-0.2, 0) is 0 Å². The normalized spacial score (nSPS) is 14.0. The summed E-state index contributed by atoms with van der Waals surface area (Å²) in [4.78, 5) is 18.1. The number of rotatable bonds is 6. The van der Waals surface area contributed by atoms with E-state index in [0.29, 0.717) is 17.0 Å². The molecule has 1 saturated heterocycles. The number of ether oxygens (including phenoxy) is 2. The molecule has 1 fully saturated rings. The van der Waals surface area contributed by atoms with Gasteiger partial charge < -0.3 is 19.5 Å². The largest absolute Gasteiger partial charge is 0.496 e. The van der Waals surface area contributed by atoms with Crippen molar-refractivity contribution in [2.45, 2.75) is 19.8 Å². The fraction of sp³-hybridized carbons (Fsp3) is 0.333. The number of hydrogen-bond donors (Lipinski definition) is 1. The van der Waals surface area contributed by atoms with Crippen LogP contribution in [0, 0.1) is 6.92 Å². The first-order valence-corrected chi connectivity index (χ1v) is 8.93. The van der Waals surface area contributed by atoms with Gasteiger partial charge in [-0.15, -0.1) is 0 Å². The first-order valence-electron chi connectivity index (χ1n) is 8.93. The second-order valence-corrected chi connectivity index (χ2v) is 6.47. The molecule has 6 nitrogen and oxygen atoms in total. The first-order chi connectivity index (χ1) is 13.0. The molecular formula is C21H24N2O4. The van der Waals surface area contributed by atoms with Crippen LogP contribution in [0.4, 0.5) is 11.4 Å². The highest BCUT2D eigenvalue weighted by Crippen LogP contribution is 2.36. The molecule has 3 rings (SSSR count). The molecule has 0 unspecified atom stereocenters. The minimum absolute atomic E-state index is 0.249. The van der Waals surface area contributed by atoms with Crippen molar-refractivity contribution in [3.8, 4) is 11.5 Å². The molecule has 0 spiro atoms. The Balaban J connectivity index is 1.98. The Morgan fingerprint density at radius 1 is 1.15 bits per heavy atom. The van der Waals surface area contributed by atoms with Gasteiger partial charge >= 0.3 is 5.97 Å². The monoisotopic (exact) mass is 368 g/mol.